The van der Waals surface area contributed by atoms with Crippen molar-refractivity contribution in [2.75, 3.05) is 35.5 Å². The van der Waals surface area contributed by atoms with Crippen LogP contribution in [0.5, 0.6) is 40.2 Å². The maximum Gasteiger partial charge on any atom is 0.250 e. The Bertz CT molecular complexity index is 5310. The van der Waals surface area contributed by atoms with E-state index in [1.807, 2.05) is 55.7 Å². The van der Waals surface area contributed by atoms with Crippen LogP contribution < -0.4 is 37.6 Å². The first-order chi connectivity index (χ1) is 53.5. The van der Waals surface area contributed by atoms with Crippen molar-refractivity contribution >= 4 is 12.4 Å². The van der Waals surface area contributed by atoms with Gasteiger partial charge in [0.1, 0.15) is 65.0 Å². The summed E-state index contributed by atoms with van der Waals surface area (Å²) in [5.41, 5.74) is 22.2. The van der Waals surface area contributed by atoms with E-state index in [9.17, 15) is 0 Å². The van der Waals surface area contributed by atoms with Gasteiger partial charge in [-0.15, -0.1) is 0 Å². The number of rotatable bonds is 27. The van der Waals surface area contributed by atoms with Crippen LogP contribution in [0.3, 0.4) is 0 Å². The number of fused-ring (bicyclic) bond motifs is 9. The maximum absolute atomic E-state index is 7.63. The fraction of sp³-hybridized carbons (Fsp3) is 0.155. The molecule has 0 N–H and O–H groups in total. The SMILES string of the molecule is C=C[n+]1ccn(COCc2ccc(C(c3ccc(C)cc3)c3ccc4c(c3)C3(c5cc(C(c6ccc(COCn7cc[n+](C=C)c7)cc6)c6ccc(OC)cc6)ccc5O4)c4cc(C(c5ccc(OC)cc5)c5ccc(OC)cc5)ccc4-c4ccc(C(c5ccc(OC)cc5)c5ccc(OC)cc5)cc43)cc2)c1. The standard InChI is InChI=1S/C97H86N4O8/c1-9-98-51-53-100(61-98)63-107-59-66-13-19-69(20-14-66)93(68-17-11-65(3)12-18-68)78-35-49-91-89(57-78)97(90-58-79(36-50-92(90)109-91)94(71-23-37-80(102-4)38-24-71)70-21-15-67(16-22-70)60-108-64-101-54-52-99(10-2)62-101)87-55-76(95(72-25-39-81(103-5)40-26-72)73-27-41-82(104-6)42-28-73)33-47-85(87)86-48-34-77(56-88(86)97)96(74-29-43-83(105-7)44-30-74)75-31-45-84(106-8)46-32-75/h9-58,61-62,93-96H,1-2,59-60,63-64H2,3-8H3/q+2. The number of benzene rings is 12. The topological polar surface area (TPSA) is 91.5 Å². The van der Waals surface area contributed by atoms with Gasteiger partial charge in [0.2, 0.25) is 12.7 Å². The van der Waals surface area contributed by atoms with E-state index >= 15 is 0 Å². The molecule has 2 aromatic heterocycles. The second kappa shape index (κ2) is 31.0. The summed E-state index contributed by atoms with van der Waals surface area (Å²) in [4.78, 5) is 0. The highest BCUT2D eigenvalue weighted by molar-refractivity contribution is 5.90. The number of hydrogen-bond donors (Lipinski definition) is 0. The van der Waals surface area contributed by atoms with Crippen LogP contribution >= 0.6 is 0 Å². The summed E-state index contributed by atoms with van der Waals surface area (Å²) in [6.45, 7) is 11.6. The van der Waals surface area contributed by atoms with Crippen LogP contribution in [0.15, 0.2) is 318 Å². The molecule has 0 bridgehead atoms. The van der Waals surface area contributed by atoms with Crippen molar-refractivity contribution in [2.24, 2.45) is 0 Å². The van der Waals surface area contributed by atoms with Gasteiger partial charge in [-0.05, 0) is 192 Å². The number of nitrogens with zero attached hydrogens (tertiary/aromatic N) is 4. The zero-order chi connectivity index (χ0) is 74.5. The van der Waals surface area contributed by atoms with Crippen LogP contribution in [0, 0.1) is 6.92 Å². The van der Waals surface area contributed by atoms with Crippen LogP contribution in [-0.2, 0) is 41.6 Å². The highest BCUT2D eigenvalue weighted by Gasteiger charge is 2.52. The van der Waals surface area contributed by atoms with Gasteiger partial charge in [-0.1, -0.05) is 201 Å². The van der Waals surface area contributed by atoms with E-state index in [4.69, 9.17) is 37.9 Å². The summed E-state index contributed by atoms with van der Waals surface area (Å²) in [5, 5.41) is 0. The Labute approximate surface area is 637 Å². The van der Waals surface area contributed by atoms with Crippen LogP contribution in [0.25, 0.3) is 23.5 Å². The number of imidazole rings is 2. The highest BCUT2D eigenvalue weighted by Crippen LogP contribution is 2.64. The molecule has 2 aliphatic rings. The van der Waals surface area contributed by atoms with Crippen molar-refractivity contribution < 1.29 is 47.0 Å². The zero-order valence-corrected chi connectivity index (χ0v) is 62.1. The fourth-order valence-corrected chi connectivity index (χ4v) is 16.2. The summed E-state index contributed by atoms with van der Waals surface area (Å²) in [5.74, 6) is 4.49. The van der Waals surface area contributed by atoms with Crippen LogP contribution in [-0.4, -0.2) is 44.7 Å². The molecule has 1 aliphatic heterocycles. The lowest BCUT2D eigenvalue weighted by Gasteiger charge is -2.41. The number of aryl methyl sites for hydroxylation is 1. The van der Waals surface area contributed by atoms with Crippen molar-refractivity contribution in [1.82, 2.24) is 9.13 Å². The number of ether oxygens (including phenoxy) is 8. The van der Waals surface area contributed by atoms with Gasteiger partial charge in [0.15, 0.2) is 13.5 Å². The largest absolute Gasteiger partial charge is 0.497 e. The summed E-state index contributed by atoms with van der Waals surface area (Å²) in [6, 6.07) is 97.8. The molecule has 2 atom stereocenters. The first kappa shape index (κ1) is 70.6. The number of hydrogen-bond acceptors (Lipinski definition) is 8. The average molecular weight is 1440 g/mol. The first-order valence-corrected chi connectivity index (χ1v) is 36.8. The minimum absolute atomic E-state index is 0.215. The number of aromatic nitrogens is 4. The molecule has 2 unspecified atom stereocenters. The van der Waals surface area contributed by atoms with E-state index in [-0.39, 0.29) is 23.7 Å². The molecule has 0 saturated carbocycles. The Balaban J connectivity index is 0.947. The monoisotopic (exact) mass is 1430 g/mol. The van der Waals surface area contributed by atoms with E-state index in [1.54, 1.807) is 47.9 Å². The molecule has 0 saturated heterocycles. The molecule has 12 aromatic carbocycles. The van der Waals surface area contributed by atoms with Crippen LogP contribution in [0.4, 0.5) is 0 Å². The Kier molecular flexibility index (Phi) is 20.1. The molecule has 0 fully saturated rings. The van der Waals surface area contributed by atoms with Crippen molar-refractivity contribution in [3.8, 4) is 51.4 Å². The highest BCUT2D eigenvalue weighted by atomic mass is 16.5. The van der Waals surface area contributed by atoms with Crippen molar-refractivity contribution in [3.63, 3.8) is 0 Å². The van der Waals surface area contributed by atoms with Gasteiger partial charge < -0.3 is 37.9 Å². The fourth-order valence-electron chi connectivity index (χ4n) is 16.2. The Morgan fingerprint density at radius 1 is 0.339 bits per heavy atom. The molecule has 12 heteroatoms. The van der Waals surface area contributed by atoms with E-state index in [2.05, 4.69) is 287 Å². The van der Waals surface area contributed by atoms with Gasteiger partial charge in [0.25, 0.3) is 0 Å². The minimum atomic E-state index is -1.07. The molecule has 12 nitrogen and oxygen atoms in total. The van der Waals surface area contributed by atoms with E-state index in [0.717, 1.165) is 152 Å². The van der Waals surface area contributed by atoms with Crippen molar-refractivity contribution in [1.29, 1.82) is 0 Å². The third-order valence-corrected chi connectivity index (χ3v) is 21.7. The molecule has 0 amide bonds. The van der Waals surface area contributed by atoms with Gasteiger partial charge in [-0.3, -0.25) is 0 Å². The van der Waals surface area contributed by atoms with Crippen molar-refractivity contribution in [2.45, 2.75) is 62.7 Å². The predicted molar refractivity (Wildman–Crippen MR) is 428 cm³/mol. The summed E-state index contributed by atoms with van der Waals surface area (Å²) >= 11 is 0. The van der Waals surface area contributed by atoms with E-state index in [1.165, 1.54) is 5.56 Å². The van der Waals surface area contributed by atoms with Gasteiger partial charge in [0, 0.05) is 34.8 Å². The zero-order valence-electron chi connectivity index (χ0n) is 62.1. The molecule has 16 rings (SSSR count). The van der Waals surface area contributed by atoms with Crippen LogP contribution in [0.1, 0.15) is 129 Å². The lowest BCUT2D eigenvalue weighted by atomic mass is 9.64. The minimum Gasteiger partial charge on any atom is -0.497 e. The van der Waals surface area contributed by atoms with Gasteiger partial charge in [0.05, 0.1) is 66.6 Å². The lowest BCUT2D eigenvalue weighted by molar-refractivity contribution is -0.567. The molecule has 14 aromatic rings. The Morgan fingerprint density at radius 3 is 0.890 bits per heavy atom. The predicted octanol–water partition coefficient (Wildman–Crippen LogP) is 20.0. The molecule has 1 spiro atoms. The molecular formula is C97H86N4O8+2. The second-order valence-corrected chi connectivity index (χ2v) is 28.0. The first-order valence-electron chi connectivity index (χ1n) is 36.8. The second-order valence-electron chi connectivity index (χ2n) is 28.0. The molecule has 1 aliphatic carbocycles. The molecular weight excluding hydrogens is 1350 g/mol. The lowest BCUT2D eigenvalue weighted by Crippen LogP contribution is -2.33. The molecule has 3 heterocycles. The van der Waals surface area contributed by atoms with Crippen molar-refractivity contribution in [3.05, 3.63) is 423 Å². The van der Waals surface area contributed by atoms with Gasteiger partial charge >= 0.3 is 0 Å². The smallest absolute Gasteiger partial charge is 0.250 e. The third-order valence-electron chi connectivity index (χ3n) is 21.7. The molecule has 0 radical (unpaired) electrons. The maximum atomic E-state index is 7.63. The summed E-state index contributed by atoms with van der Waals surface area (Å²) in [7, 11) is 8.58. The van der Waals surface area contributed by atoms with Gasteiger partial charge in [-0.2, -0.15) is 0 Å². The quantitative estimate of drug-likeness (QED) is 0.0371. The normalized spacial score (nSPS) is 12.8. The average Bonchev–Trinajstić information content (AvgIpc) is 1.55. The molecule has 109 heavy (non-hydrogen) atoms. The summed E-state index contributed by atoms with van der Waals surface area (Å²) < 4.78 is 57.2. The van der Waals surface area contributed by atoms with Gasteiger partial charge in [-0.25, -0.2) is 18.3 Å². The summed E-state index contributed by atoms with van der Waals surface area (Å²) in [6.07, 6.45) is 15.3. The molecule has 540 valence electrons. The third kappa shape index (κ3) is 14.0. The van der Waals surface area contributed by atoms with E-state index in [0.29, 0.717) is 26.7 Å². The van der Waals surface area contributed by atoms with E-state index < -0.39 is 5.41 Å². The Morgan fingerprint density at radius 2 is 0.606 bits per heavy atom. The number of methoxy groups -OCH3 is 5. The van der Waals surface area contributed by atoms with Crippen LogP contribution in [0.2, 0.25) is 0 Å². The Hall–Kier alpha value is -12.7.